The Kier molecular flexibility index (Phi) is 6.13. The molecule has 0 heterocycles. The van der Waals surface area contributed by atoms with Crippen LogP contribution in [0.5, 0.6) is 0 Å². The molecule has 4 heteroatoms. The third-order valence-electron chi connectivity index (χ3n) is 2.38. The van der Waals surface area contributed by atoms with E-state index in [9.17, 15) is 4.79 Å². The summed E-state index contributed by atoms with van der Waals surface area (Å²) in [5, 5.41) is 12.1. The second-order valence-electron chi connectivity index (χ2n) is 6.40. The lowest BCUT2D eigenvalue weighted by atomic mass is 9.85. The molecule has 0 aromatic rings. The van der Waals surface area contributed by atoms with E-state index in [1.165, 1.54) is 0 Å². The van der Waals surface area contributed by atoms with Gasteiger partial charge in [-0.1, -0.05) is 20.8 Å². The van der Waals surface area contributed by atoms with Crippen molar-refractivity contribution in [1.29, 1.82) is 0 Å². The monoisotopic (exact) mass is 245 g/mol. The SMILES string of the molecule is CC(C)(C)OC(=O)CNC(CCO)C(C)(C)C. The Morgan fingerprint density at radius 3 is 2.12 bits per heavy atom. The zero-order valence-electron chi connectivity index (χ0n) is 12.0. The van der Waals surface area contributed by atoms with E-state index in [1.54, 1.807) is 0 Å². The molecule has 0 saturated heterocycles. The van der Waals surface area contributed by atoms with Gasteiger partial charge in [-0.2, -0.15) is 0 Å². The van der Waals surface area contributed by atoms with Crippen molar-refractivity contribution in [3.8, 4) is 0 Å². The first-order valence-electron chi connectivity index (χ1n) is 6.12. The van der Waals surface area contributed by atoms with Crippen LogP contribution in [0.25, 0.3) is 0 Å². The molecular weight excluding hydrogens is 218 g/mol. The van der Waals surface area contributed by atoms with Gasteiger partial charge in [0.2, 0.25) is 0 Å². The summed E-state index contributed by atoms with van der Waals surface area (Å²) in [6.45, 7) is 12.1. The van der Waals surface area contributed by atoms with Gasteiger partial charge in [-0.25, -0.2) is 0 Å². The van der Waals surface area contributed by atoms with Crippen LogP contribution in [0, 0.1) is 5.41 Å². The van der Waals surface area contributed by atoms with Crippen LogP contribution >= 0.6 is 0 Å². The number of aliphatic hydroxyl groups is 1. The van der Waals surface area contributed by atoms with Crippen LogP contribution in [-0.2, 0) is 9.53 Å². The Bertz CT molecular complexity index is 238. The number of hydrogen-bond donors (Lipinski definition) is 2. The molecule has 0 saturated carbocycles. The number of aliphatic hydroxyl groups excluding tert-OH is 1. The fourth-order valence-electron chi connectivity index (χ4n) is 1.55. The van der Waals surface area contributed by atoms with Crippen molar-refractivity contribution in [3.63, 3.8) is 0 Å². The molecule has 1 unspecified atom stereocenters. The summed E-state index contributed by atoms with van der Waals surface area (Å²) in [4.78, 5) is 11.5. The second kappa shape index (κ2) is 6.36. The van der Waals surface area contributed by atoms with Crippen molar-refractivity contribution in [1.82, 2.24) is 5.32 Å². The molecule has 0 aromatic heterocycles. The maximum absolute atomic E-state index is 11.5. The topological polar surface area (TPSA) is 58.6 Å². The van der Waals surface area contributed by atoms with Gasteiger partial charge >= 0.3 is 5.97 Å². The summed E-state index contributed by atoms with van der Waals surface area (Å²) in [7, 11) is 0. The molecule has 0 amide bonds. The van der Waals surface area contributed by atoms with E-state index in [4.69, 9.17) is 9.84 Å². The molecule has 0 bridgehead atoms. The van der Waals surface area contributed by atoms with Crippen molar-refractivity contribution < 1.29 is 14.6 Å². The Labute approximate surface area is 105 Å². The largest absolute Gasteiger partial charge is 0.459 e. The van der Waals surface area contributed by atoms with Crippen LogP contribution in [0.4, 0.5) is 0 Å². The van der Waals surface area contributed by atoms with E-state index in [-0.39, 0.29) is 30.6 Å². The fraction of sp³-hybridized carbons (Fsp3) is 0.923. The maximum atomic E-state index is 11.5. The standard InChI is InChI=1S/C13H27NO3/c1-12(2,3)10(7-8-15)14-9-11(16)17-13(4,5)6/h10,14-15H,7-9H2,1-6H3. The lowest BCUT2D eigenvalue weighted by molar-refractivity contribution is -0.153. The fourth-order valence-corrected chi connectivity index (χ4v) is 1.55. The molecule has 0 aliphatic rings. The molecular formula is C13H27NO3. The van der Waals surface area contributed by atoms with E-state index in [1.807, 2.05) is 20.8 Å². The minimum Gasteiger partial charge on any atom is -0.459 e. The first-order valence-corrected chi connectivity index (χ1v) is 6.12. The number of carbonyl (C=O) groups excluding carboxylic acids is 1. The zero-order valence-corrected chi connectivity index (χ0v) is 12.0. The molecule has 0 fully saturated rings. The molecule has 0 aliphatic heterocycles. The third kappa shape index (κ3) is 8.16. The highest BCUT2D eigenvalue weighted by Crippen LogP contribution is 2.21. The Balaban J connectivity index is 4.18. The van der Waals surface area contributed by atoms with E-state index >= 15 is 0 Å². The van der Waals surface area contributed by atoms with Crippen molar-refractivity contribution in [2.45, 2.75) is 59.6 Å². The van der Waals surface area contributed by atoms with E-state index in [0.717, 1.165) is 0 Å². The van der Waals surface area contributed by atoms with Crippen molar-refractivity contribution >= 4 is 5.97 Å². The Morgan fingerprint density at radius 2 is 1.76 bits per heavy atom. The maximum Gasteiger partial charge on any atom is 0.320 e. The molecule has 0 aromatic carbocycles. The summed E-state index contributed by atoms with van der Waals surface area (Å²) < 4.78 is 5.21. The van der Waals surface area contributed by atoms with Gasteiger partial charge in [0.1, 0.15) is 5.60 Å². The first kappa shape index (κ1) is 16.4. The molecule has 0 rings (SSSR count). The summed E-state index contributed by atoms with van der Waals surface area (Å²) >= 11 is 0. The summed E-state index contributed by atoms with van der Waals surface area (Å²) in [5.74, 6) is -0.260. The Hall–Kier alpha value is -0.610. The van der Waals surface area contributed by atoms with Crippen molar-refractivity contribution in [2.75, 3.05) is 13.2 Å². The second-order valence-corrected chi connectivity index (χ2v) is 6.40. The van der Waals surface area contributed by atoms with Crippen LogP contribution in [-0.4, -0.2) is 35.9 Å². The van der Waals surface area contributed by atoms with Crippen LogP contribution in [0.3, 0.4) is 0 Å². The lowest BCUT2D eigenvalue weighted by Crippen LogP contribution is -2.44. The highest BCUT2D eigenvalue weighted by Gasteiger charge is 2.25. The highest BCUT2D eigenvalue weighted by atomic mass is 16.6. The molecule has 0 aliphatic carbocycles. The molecule has 102 valence electrons. The van der Waals surface area contributed by atoms with Crippen LogP contribution < -0.4 is 5.32 Å². The molecule has 17 heavy (non-hydrogen) atoms. The van der Waals surface area contributed by atoms with Gasteiger partial charge in [-0.05, 0) is 32.6 Å². The van der Waals surface area contributed by atoms with Gasteiger partial charge in [-0.3, -0.25) is 4.79 Å². The van der Waals surface area contributed by atoms with Gasteiger partial charge in [0.05, 0.1) is 6.54 Å². The average molecular weight is 245 g/mol. The number of carbonyl (C=O) groups is 1. The predicted octanol–water partition coefficient (Wildman–Crippen LogP) is 1.71. The average Bonchev–Trinajstić information content (AvgIpc) is 2.07. The number of rotatable bonds is 5. The van der Waals surface area contributed by atoms with Crippen LogP contribution in [0.2, 0.25) is 0 Å². The molecule has 0 spiro atoms. The lowest BCUT2D eigenvalue weighted by Gasteiger charge is -2.31. The van der Waals surface area contributed by atoms with Gasteiger partial charge in [0.25, 0.3) is 0 Å². The number of hydrogen-bond acceptors (Lipinski definition) is 4. The quantitative estimate of drug-likeness (QED) is 0.724. The molecule has 1 atom stereocenters. The normalized spacial score (nSPS) is 14.5. The molecule has 4 nitrogen and oxygen atoms in total. The molecule has 2 N–H and O–H groups in total. The van der Waals surface area contributed by atoms with Gasteiger partial charge in [0.15, 0.2) is 0 Å². The van der Waals surface area contributed by atoms with Gasteiger partial charge in [0, 0.05) is 12.6 Å². The van der Waals surface area contributed by atoms with Crippen LogP contribution in [0.1, 0.15) is 48.0 Å². The van der Waals surface area contributed by atoms with Crippen molar-refractivity contribution in [2.24, 2.45) is 5.41 Å². The van der Waals surface area contributed by atoms with Crippen LogP contribution in [0.15, 0.2) is 0 Å². The van der Waals surface area contributed by atoms with Gasteiger partial charge in [-0.15, -0.1) is 0 Å². The van der Waals surface area contributed by atoms with E-state index < -0.39 is 5.60 Å². The zero-order chi connectivity index (χ0) is 13.7. The number of esters is 1. The summed E-state index contributed by atoms with van der Waals surface area (Å²) in [6, 6.07) is 0.0972. The third-order valence-corrected chi connectivity index (χ3v) is 2.38. The Morgan fingerprint density at radius 1 is 1.24 bits per heavy atom. The summed E-state index contributed by atoms with van der Waals surface area (Å²) in [6.07, 6.45) is 0.631. The number of ether oxygens (including phenoxy) is 1. The smallest absolute Gasteiger partial charge is 0.320 e. The minimum atomic E-state index is -0.451. The minimum absolute atomic E-state index is 0.00470. The van der Waals surface area contributed by atoms with E-state index in [0.29, 0.717) is 6.42 Å². The van der Waals surface area contributed by atoms with Gasteiger partial charge < -0.3 is 15.2 Å². The van der Waals surface area contributed by atoms with E-state index in [2.05, 4.69) is 26.1 Å². The first-order chi connectivity index (χ1) is 7.56. The molecule has 0 radical (unpaired) electrons. The predicted molar refractivity (Wildman–Crippen MR) is 68.8 cm³/mol. The summed E-state index contributed by atoms with van der Waals surface area (Å²) in [5.41, 5.74) is -0.447. The van der Waals surface area contributed by atoms with Crippen molar-refractivity contribution in [3.05, 3.63) is 0 Å². The highest BCUT2D eigenvalue weighted by molar-refractivity contribution is 5.72. The number of nitrogens with one attached hydrogen (secondary N) is 1.